The highest BCUT2D eigenvalue weighted by Crippen LogP contribution is 2.20. The number of aliphatic hydroxyl groups is 2. The second-order valence-corrected chi connectivity index (χ2v) is 4.64. The second kappa shape index (κ2) is 6.86. The number of ether oxygens (including phenoxy) is 1. The molecular weight excluding hydrogens is 208 g/mol. The Hall–Kier alpha value is -0.610. The summed E-state index contributed by atoms with van der Waals surface area (Å²) in [5, 5.41) is 18.5. The van der Waals surface area contributed by atoms with Crippen molar-refractivity contribution in [1.82, 2.24) is 0 Å². The molecule has 1 heterocycles. The molecule has 0 aromatic carbocycles. The van der Waals surface area contributed by atoms with Crippen LogP contribution in [0.2, 0.25) is 0 Å². The molecule has 0 aromatic heterocycles. The standard InChI is InChI=1S/C12H22O4/c1-9(13)6-4-2-3-5-7-11-10(14)8-12(15)16-11/h9-11,13-14H,2-8H2,1H3. The Kier molecular flexibility index (Phi) is 5.77. The minimum Gasteiger partial charge on any atom is -0.460 e. The van der Waals surface area contributed by atoms with Gasteiger partial charge in [-0.2, -0.15) is 0 Å². The fourth-order valence-corrected chi connectivity index (χ4v) is 1.99. The van der Waals surface area contributed by atoms with E-state index in [-0.39, 0.29) is 24.6 Å². The molecule has 1 saturated heterocycles. The molecule has 3 atom stereocenters. The van der Waals surface area contributed by atoms with E-state index in [4.69, 9.17) is 9.84 Å². The van der Waals surface area contributed by atoms with Crippen molar-refractivity contribution in [2.75, 3.05) is 0 Å². The molecule has 3 unspecified atom stereocenters. The molecular formula is C12H22O4. The van der Waals surface area contributed by atoms with E-state index in [2.05, 4.69) is 0 Å². The fourth-order valence-electron chi connectivity index (χ4n) is 1.99. The first-order valence-corrected chi connectivity index (χ1v) is 6.15. The molecule has 0 radical (unpaired) electrons. The molecule has 0 aliphatic carbocycles. The highest BCUT2D eigenvalue weighted by molar-refractivity contribution is 5.72. The van der Waals surface area contributed by atoms with Gasteiger partial charge in [0.25, 0.3) is 0 Å². The average Bonchev–Trinajstić information content (AvgIpc) is 2.50. The third-order valence-corrected chi connectivity index (χ3v) is 2.95. The van der Waals surface area contributed by atoms with Gasteiger partial charge in [-0.1, -0.05) is 19.3 Å². The van der Waals surface area contributed by atoms with Crippen LogP contribution in [0.15, 0.2) is 0 Å². The lowest BCUT2D eigenvalue weighted by Crippen LogP contribution is -2.20. The van der Waals surface area contributed by atoms with Gasteiger partial charge in [-0.3, -0.25) is 4.79 Å². The summed E-state index contributed by atoms with van der Waals surface area (Å²) in [5.74, 6) is -0.286. The molecule has 0 saturated carbocycles. The first kappa shape index (κ1) is 13.5. The molecule has 0 amide bonds. The van der Waals surface area contributed by atoms with Gasteiger partial charge in [0.05, 0.1) is 12.5 Å². The predicted molar refractivity (Wildman–Crippen MR) is 59.9 cm³/mol. The minimum atomic E-state index is -0.607. The molecule has 2 N–H and O–H groups in total. The van der Waals surface area contributed by atoms with Crippen molar-refractivity contribution in [2.24, 2.45) is 0 Å². The molecule has 0 spiro atoms. The van der Waals surface area contributed by atoms with Crippen LogP contribution in [-0.2, 0) is 9.53 Å². The SMILES string of the molecule is CC(O)CCCCCCC1OC(=O)CC1O. The number of hydrogen-bond acceptors (Lipinski definition) is 4. The van der Waals surface area contributed by atoms with Crippen molar-refractivity contribution in [3.63, 3.8) is 0 Å². The summed E-state index contributed by atoms with van der Waals surface area (Å²) < 4.78 is 4.99. The topological polar surface area (TPSA) is 66.8 Å². The van der Waals surface area contributed by atoms with Gasteiger partial charge in [0, 0.05) is 0 Å². The summed E-state index contributed by atoms with van der Waals surface area (Å²) in [4.78, 5) is 10.9. The number of esters is 1. The number of carbonyl (C=O) groups excluding carboxylic acids is 1. The second-order valence-electron chi connectivity index (χ2n) is 4.64. The number of hydrogen-bond donors (Lipinski definition) is 2. The highest BCUT2D eigenvalue weighted by atomic mass is 16.6. The van der Waals surface area contributed by atoms with E-state index in [1.165, 1.54) is 0 Å². The average molecular weight is 230 g/mol. The van der Waals surface area contributed by atoms with Crippen LogP contribution in [0, 0.1) is 0 Å². The van der Waals surface area contributed by atoms with Crippen LogP contribution in [0.25, 0.3) is 0 Å². The Labute approximate surface area is 96.6 Å². The molecule has 1 aliphatic heterocycles. The van der Waals surface area contributed by atoms with E-state index >= 15 is 0 Å². The van der Waals surface area contributed by atoms with Crippen LogP contribution in [0.1, 0.15) is 51.9 Å². The third kappa shape index (κ3) is 4.94. The van der Waals surface area contributed by atoms with Gasteiger partial charge >= 0.3 is 5.97 Å². The van der Waals surface area contributed by atoms with Crippen LogP contribution in [0.4, 0.5) is 0 Å². The smallest absolute Gasteiger partial charge is 0.308 e. The van der Waals surface area contributed by atoms with Crippen LogP contribution in [-0.4, -0.2) is 34.5 Å². The van der Waals surface area contributed by atoms with Crippen LogP contribution < -0.4 is 0 Å². The molecule has 0 bridgehead atoms. The number of rotatable bonds is 7. The van der Waals surface area contributed by atoms with Gasteiger partial charge in [0.15, 0.2) is 0 Å². The van der Waals surface area contributed by atoms with Gasteiger partial charge in [0.2, 0.25) is 0 Å². The largest absolute Gasteiger partial charge is 0.460 e. The fraction of sp³-hybridized carbons (Fsp3) is 0.917. The van der Waals surface area contributed by atoms with Crippen molar-refractivity contribution in [1.29, 1.82) is 0 Å². The molecule has 1 aliphatic rings. The molecule has 94 valence electrons. The Bertz CT molecular complexity index is 215. The van der Waals surface area contributed by atoms with Crippen molar-refractivity contribution in [3.8, 4) is 0 Å². The van der Waals surface area contributed by atoms with Crippen LogP contribution in [0.5, 0.6) is 0 Å². The summed E-state index contributed by atoms with van der Waals surface area (Å²) >= 11 is 0. The number of carbonyl (C=O) groups is 1. The summed E-state index contributed by atoms with van der Waals surface area (Å²) in [7, 11) is 0. The highest BCUT2D eigenvalue weighted by Gasteiger charge is 2.32. The van der Waals surface area contributed by atoms with Crippen LogP contribution in [0.3, 0.4) is 0 Å². The normalized spacial score (nSPS) is 26.8. The number of unbranched alkanes of at least 4 members (excludes halogenated alkanes) is 3. The Morgan fingerprint density at radius 2 is 2.06 bits per heavy atom. The van der Waals surface area contributed by atoms with Gasteiger partial charge in [-0.25, -0.2) is 0 Å². The van der Waals surface area contributed by atoms with Gasteiger partial charge in [-0.15, -0.1) is 0 Å². The summed E-state index contributed by atoms with van der Waals surface area (Å²) in [6.07, 6.45) is 4.79. The Morgan fingerprint density at radius 1 is 1.38 bits per heavy atom. The Morgan fingerprint density at radius 3 is 2.62 bits per heavy atom. The molecule has 16 heavy (non-hydrogen) atoms. The van der Waals surface area contributed by atoms with E-state index in [0.29, 0.717) is 0 Å². The molecule has 0 aromatic rings. The molecule has 1 fully saturated rings. The maximum atomic E-state index is 10.9. The van der Waals surface area contributed by atoms with Gasteiger partial charge in [-0.05, 0) is 26.2 Å². The van der Waals surface area contributed by atoms with Gasteiger partial charge in [0.1, 0.15) is 12.2 Å². The lowest BCUT2D eigenvalue weighted by atomic mass is 10.0. The zero-order valence-corrected chi connectivity index (χ0v) is 9.89. The predicted octanol–water partition coefficient (Wildman–Crippen LogP) is 1.38. The van der Waals surface area contributed by atoms with E-state index < -0.39 is 6.10 Å². The zero-order chi connectivity index (χ0) is 12.0. The van der Waals surface area contributed by atoms with Crippen molar-refractivity contribution in [2.45, 2.75) is 70.2 Å². The van der Waals surface area contributed by atoms with E-state index in [9.17, 15) is 9.90 Å². The van der Waals surface area contributed by atoms with E-state index in [0.717, 1.165) is 38.5 Å². The molecule has 1 rings (SSSR count). The van der Waals surface area contributed by atoms with E-state index in [1.807, 2.05) is 0 Å². The minimum absolute atomic E-state index is 0.146. The summed E-state index contributed by atoms with van der Waals surface area (Å²) in [6, 6.07) is 0. The zero-order valence-electron chi connectivity index (χ0n) is 9.89. The number of aliphatic hydroxyl groups excluding tert-OH is 2. The summed E-state index contributed by atoms with van der Waals surface area (Å²) in [6.45, 7) is 1.80. The van der Waals surface area contributed by atoms with Crippen molar-refractivity contribution in [3.05, 3.63) is 0 Å². The Balaban J connectivity index is 1.97. The number of cyclic esters (lactones) is 1. The first-order chi connectivity index (χ1) is 7.59. The lowest BCUT2D eigenvalue weighted by molar-refractivity contribution is -0.142. The lowest BCUT2D eigenvalue weighted by Gasteiger charge is -2.12. The quantitative estimate of drug-likeness (QED) is 0.512. The maximum Gasteiger partial charge on any atom is 0.308 e. The third-order valence-electron chi connectivity index (χ3n) is 2.95. The maximum absolute atomic E-state index is 10.9. The summed E-state index contributed by atoms with van der Waals surface area (Å²) in [5.41, 5.74) is 0. The van der Waals surface area contributed by atoms with Crippen LogP contribution >= 0.6 is 0 Å². The van der Waals surface area contributed by atoms with Gasteiger partial charge < -0.3 is 14.9 Å². The van der Waals surface area contributed by atoms with Crippen molar-refractivity contribution >= 4 is 5.97 Å². The molecule has 4 nitrogen and oxygen atoms in total. The van der Waals surface area contributed by atoms with Crippen molar-refractivity contribution < 1.29 is 19.7 Å². The molecule has 4 heteroatoms. The first-order valence-electron chi connectivity index (χ1n) is 6.15. The van der Waals surface area contributed by atoms with E-state index in [1.54, 1.807) is 6.92 Å². The monoisotopic (exact) mass is 230 g/mol.